The van der Waals surface area contributed by atoms with Gasteiger partial charge in [-0.05, 0) is 45.5 Å². The predicted molar refractivity (Wildman–Crippen MR) is 77.3 cm³/mol. The third kappa shape index (κ3) is 3.13. The summed E-state index contributed by atoms with van der Waals surface area (Å²) >= 11 is 0. The molecule has 0 bridgehead atoms. The summed E-state index contributed by atoms with van der Waals surface area (Å²) in [5.41, 5.74) is 0. The van der Waals surface area contributed by atoms with E-state index in [4.69, 9.17) is 0 Å². The van der Waals surface area contributed by atoms with E-state index in [9.17, 15) is 0 Å². The Kier molecular flexibility index (Phi) is 4.42. The molecule has 1 aromatic rings. The number of nitrogens with one attached hydrogen (secondary N) is 1. The Balaban J connectivity index is 1.99. The number of nitrogens with zero attached hydrogens (tertiary/aromatic N) is 3. The van der Waals surface area contributed by atoms with Crippen molar-refractivity contribution >= 4 is 11.6 Å². The summed E-state index contributed by atoms with van der Waals surface area (Å²) in [6.45, 7) is 5.28. The quantitative estimate of drug-likeness (QED) is 0.864. The van der Waals surface area contributed by atoms with Crippen LogP contribution < -0.4 is 10.2 Å². The first-order chi connectivity index (χ1) is 8.70. The van der Waals surface area contributed by atoms with E-state index >= 15 is 0 Å². The van der Waals surface area contributed by atoms with Crippen LogP contribution in [0.3, 0.4) is 0 Å². The van der Waals surface area contributed by atoms with Gasteiger partial charge in [-0.2, -0.15) is 0 Å². The Morgan fingerprint density at radius 3 is 3.00 bits per heavy atom. The number of hydrogen-bond acceptors (Lipinski definition) is 4. The lowest BCUT2D eigenvalue weighted by atomic mass is 10.2. The van der Waals surface area contributed by atoms with Gasteiger partial charge in [-0.3, -0.25) is 0 Å². The van der Waals surface area contributed by atoms with Gasteiger partial charge in [0.25, 0.3) is 0 Å². The molecule has 0 spiro atoms. The lowest BCUT2D eigenvalue weighted by Gasteiger charge is -2.26. The van der Waals surface area contributed by atoms with Crippen molar-refractivity contribution in [2.75, 3.05) is 43.9 Å². The van der Waals surface area contributed by atoms with Crippen LogP contribution in [-0.2, 0) is 0 Å². The van der Waals surface area contributed by atoms with Crippen molar-refractivity contribution in [3.63, 3.8) is 0 Å². The van der Waals surface area contributed by atoms with Crippen molar-refractivity contribution in [1.82, 2.24) is 9.88 Å². The maximum absolute atomic E-state index is 4.63. The molecule has 4 nitrogen and oxygen atoms in total. The highest BCUT2D eigenvalue weighted by Crippen LogP contribution is 2.19. The molecule has 1 aromatic heterocycles. The van der Waals surface area contributed by atoms with Crippen molar-refractivity contribution in [3.05, 3.63) is 18.2 Å². The first kappa shape index (κ1) is 13.1. The van der Waals surface area contributed by atoms with Gasteiger partial charge in [0.2, 0.25) is 0 Å². The molecular weight excluding hydrogens is 224 g/mol. The van der Waals surface area contributed by atoms with Crippen LogP contribution in [0.1, 0.15) is 19.8 Å². The minimum atomic E-state index is 0.666. The molecule has 2 rings (SSSR count). The molecule has 1 fully saturated rings. The largest absolute Gasteiger partial charge is 0.370 e. The predicted octanol–water partition coefficient (Wildman–Crippen LogP) is 2.04. The van der Waals surface area contributed by atoms with Crippen molar-refractivity contribution in [3.8, 4) is 0 Å². The molecule has 0 amide bonds. The summed E-state index contributed by atoms with van der Waals surface area (Å²) < 4.78 is 0. The number of likely N-dealkylation sites (tertiary alicyclic amines) is 1. The Morgan fingerprint density at radius 1 is 1.50 bits per heavy atom. The normalized spacial score (nSPS) is 20.1. The van der Waals surface area contributed by atoms with Crippen molar-refractivity contribution in [2.24, 2.45) is 0 Å². The molecular formula is C14H24N4. The Morgan fingerprint density at radius 2 is 2.33 bits per heavy atom. The molecule has 4 heteroatoms. The Bertz CT molecular complexity index is 380. The van der Waals surface area contributed by atoms with E-state index in [1.165, 1.54) is 19.4 Å². The van der Waals surface area contributed by atoms with Crippen LogP contribution in [-0.4, -0.2) is 49.7 Å². The summed E-state index contributed by atoms with van der Waals surface area (Å²) in [5, 5.41) is 3.26. The average molecular weight is 248 g/mol. The van der Waals surface area contributed by atoms with Crippen LogP contribution in [0.15, 0.2) is 18.2 Å². The van der Waals surface area contributed by atoms with Crippen LogP contribution in [0.4, 0.5) is 11.6 Å². The molecule has 1 aliphatic rings. The van der Waals surface area contributed by atoms with Gasteiger partial charge < -0.3 is 15.1 Å². The first-order valence-electron chi connectivity index (χ1n) is 6.83. The fourth-order valence-corrected chi connectivity index (χ4v) is 2.54. The van der Waals surface area contributed by atoms with Gasteiger partial charge in [0, 0.05) is 26.2 Å². The third-order valence-corrected chi connectivity index (χ3v) is 3.64. The van der Waals surface area contributed by atoms with Gasteiger partial charge in [-0.15, -0.1) is 0 Å². The van der Waals surface area contributed by atoms with Crippen molar-refractivity contribution < 1.29 is 0 Å². The third-order valence-electron chi connectivity index (χ3n) is 3.64. The summed E-state index contributed by atoms with van der Waals surface area (Å²) in [4.78, 5) is 9.33. The van der Waals surface area contributed by atoms with Crippen molar-refractivity contribution in [2.45, 2.75) is 25.8 Å². The average Bonchev–Trinajstić information content (AvgIpc) is 2.76. The van der Waals surface area contributed by atoms with Gasteiger partial charge in [-0.25, -0.2) is 4.98 Å². The van der Waals surface area contributed by atoms with Gasteiger partial charge in [-0.1, -0.05) is 6.07 Å². The first-order valence-corrected chi connectivity index (χ1v) is 6.83. The zero-order valence-electron chi connectivity index (χ0n) is 11.7. The number of pyridine rings is 1. The standard InChI is InChI=1S/C14H24N4/c1-4-15-13-8-5-9-14(16-13)18(3)11-12-7-6-10-17(12)2/h5,8-9,12H,4,6-7,10-11H2,1-3H3,(H,15,16). The van der Waals surface area contributed by atoms with E-state index in [0.29, 0.717) is 6.04 Å². The van der Waals surface area contributed by atoms with E-state index in [1.807, 2.05) is 6.07 Å². The second kappa shape index (κ2) is 6.05. The summed E-state index contributed by atoms with van der Waals surface area (Å²) in [7, 11) is 4.35. The van der Waals surface area contributed by atoms with Crippen LogP contribution in [0.2, 0.25) is 0 Å². The molecule has 1 aliphatic heterocycles. The minimum absolute atomic E-state index is 0.666. The molecule has 2 heterocycles. The number of hydrogen-bond donors (Lipinski definition) is 1. The lowest BCUT2D eigenvalue weighted by molar-refractivity contribution is 0.314. The second-order valence-electron chi connectivity index (χ2n) is 5.07. The lowest BCUT2D eigenvalue weighted by Crippen LogP contribution is -2.37. The molecule has 1 atom stereocenters. The van der Waals surface area contributed by atoms with E-state index in [2.05, 4.69) is 53.3 Å². The zero-order chi connectivity index (χ0) is 13.0. The number of aromatic nitrogens is 1. The van der Waals surface area contributed by atoms with Crippen LogP contribution in [0.25, 0.3) is 0 Å². The fraction of sp³-hybridized carbons (Fsp3) is 0.643. The smallest absolute Gasteiger partial charge is 0.130 e. The topological polar surface area (TPSA) is 31.4 Å². The molecule has 0 aromatic carbocycles. The van der Waals surface area contributed by atoms with Gasteiger partial charge in [0.05, 0.1) is 0 Å². The van der Waals surface area contributed by atoms with Crippen LogP contribution in [0.5, 0.6) is 0 Å². The summed E-state index contributed by atoms with van der Waals surface area (Å²) in [5.74, 6) is 2.01. The molecule has 1 N–H and O–H groups in total. The summed E-state index contributed by atoms with van der Waals surface area (Å²) in [6, 6.07) is 6.83. The van der Waals surface area contributed by atoms with E-state index < -0.39 is 0 Å². The van der Waals surface area contributed by atoms with Crippen LogP contribution in [0, 0.1) is 0 Å². The molecule has 100 valence electrons. The molecule has 1 unspecified atom stereocenters. The number of likely N-dealkylation sites (N-methyl/N-ethyl adjacent to an activating group) is 2. The molecule has 1 saturated heterocycles. The highest BCUT2D eigenvalue weighted by atomic mass is 15.2. The van der Waals surface area contributed by atoms with Crippen LogP contribution >= 0.6 is 0 Å². The minimum Gasteiger partial charge on any atom is -0.370 e. The van der Waals surface area contributed by atoms with Gasteiger partial charge in [0.15, 0.2) is 0 Å². The fourth-order valence-electron chi connectivity index (χ4n) is 2.54. The van der Waals surface area contributed by atoms with E-state index in [-0.39, 0.29) is 0 Å². The molecule has 0 radical (unpaired) electrons. The Hall–Kier alpha value is -1.29. The summed E-state index contributed by atoms with van der Waals surface area (Å²) in [6.07, 6.45) is 2.62. The van der Waals surface area contributed by atoms with E-state index in [1.54, 1.807) is 0 Å². The highest BCUT2D eigenvalue weighted by molar-refractivity contribution is 5.46. The second-order valence-corrected chi connectivity index (χ2v) is 5.07. The maximum Gasteiger partial charge on any atom is 0.130 e. The van der Waals surface area contributed by atoms with Gasteiger partial charge in [0.1, 0.15) is 11.6 Å². The van der Waals surface area contributed by atoms with Crippen molar-refractivity contribution in [1.29, 1.82) is 0 Å². The molecule has 18 heavy (non-hydrogen) atoms. The number of rotatable bonds is 5. The molecule has 0 saturated carbocycles. The van der Waals surface area contributed by atoms with E-state index in [0.717, 1.165) is 24.7 Å². The Labute approximate surface area is 110 Å². The highest BCUT2D eigenvalue weighted by Gasteiger charge is 2.22. The zero-order valence-corrected chi connectivity index (χ0v) is 11.7. The SMILES string of the molecule is CCNc1cccc(N(C)CC2CCCN2C)n1. The number of anilines is 2. The maximum atomic E-state index is 4.63. The monoisotopic (exact) mass is 248 g/mol. The van der Waals surface area contributed by atoms with Gasteiger partial charge >= 0.3 is 0 Å². The molecule has 0 aliphatic carbocycles.